The van der Waals surface area contributed by atoms with Gasteiger partial charge in [-0.25, -0.2) is 0 Å². The number of ether oxygens (including phenoxy) is 2. The number of rotatable bonds is 9. The lowest BCUT2D eigenvalue weighted by Crippen LogP contribution is -2.25. The van der Waals surface area contributed by atoms with Gasteiger partial charge in [-0.15, -0.1) is 11.8 Å². The number of nitrogens with one attached hydrogen (secondary N) is 1. The fourth-order valence-electron chi connectivity index (χ4n) is 3.18. The van der Waals surface area contributed by atoms with Crippen molar-refractivity contribution in [1.29, 1.82) is 0 Å². The normalized spacial score (nSPS) is 14.1. The van der Waals surface area contributed by atoms with Crippen molar-refractivity contribution in [3.8, 4) is 11.5 Å². The highest BCUT2D eigenvalue weighted by Gasteiger charge is 2.16. The lowest BCUT2D eigenvalue weighted by Gasteiger charge is -2.13. The molecule has 0 radical (unpaired) electrons. The Bertz CT molecular complexity index is 730. The molecule has 3 rings (SSSR count). The highest BCUT2D eigenvalue weighted by molar-refractivity contribution is 8.00. The molecule has 1 saturated carbocycles. The molecule has 27 heavy (non-hydrogen) atoms. The molecule has 1 amide bonds. The maximum atomic E-state index is 12.1. The standard InChI is InChI=1S/C22H27NO3S/c1-25-21-13-18(14-23-22(24)16-27-19-9-5-6-10-19)11-12-20(21)26-15-17-7-3-2-4-8-17/h2-4,7-8,11-13,19H,5-6,9-10,14-16H2,1H3,(H,23,24). The van der Waals surface area contributed by atoms with Crippen molar-refractivity contribution >= 4 is 17.7 Å². The number of thioether (sulfide) groups is 1. The Labute approximate surface area is 165 Å². The van der Waals surface area contributed by atoms with Crippen LogP contribution < -0.4 is 14.8 Å². The first kappa shape index (κ1) is 19.6. The molecular formula is C22H27NO3S. The Kier molecular flexibility index (Phi) is 7.45. The topological polar surface area (TPSA) is 47.6 Å². The Balaban J connectivity index is 1.48. The first-order valence-electron chi connectivity index (χ1n) is 9.46. The zero-order valence-electron chi connectivity index (χ0n) is 15.8. The van der Waals surface area contributed by atoms with Gasteiger partial charge in [-0.05, 0) is 36.1 Å². The van der Waals surface area contributed by atoms with Gasteiger partial charge in [0, 0.05) is 11.8 Å². The van der Waals surface area contributed by atoms with Crippen molar-refractivity contribution in [2.45, 2.75) is 44.1 Å². The number of methoxy groups -OCH3 is 1. The summed E-state index contributed by atoms with van der Waals surface area (Å²) in [6.07, 6.45) is 5.11. The van der Waals surface area contributed by atoms with Gasteiger partial charge in [-0.1, -0.05) is 49.2 Å². The van der Waals surface area contributed by atoms with Gasteiger partial charge in [0.25, 0.3) is 0 Å². The Morgan fingerprint density at radius 1 is 1.07 bits per heavy atom. The molecule has 5 heteroatoms. The SMILES string of the molecule is COc1cc(CNC(=O)CSC2CCCC2)ccc1OCc1ccccc1. The van der Waals surface area contributed by atoms with Gasteiger partial charge in [0.05, 0.1) is 12.9 Å². The fourth-order valence-corrected chi connectivity index (χ4v) is 4.33. The van der Waals surface area contributed by atoms with Crippen molar-refractivity contribution < 1.29 is 14.3 Å². The maximum absolute atomic E-state index is 12.1. The average molecular weight is 386 g/mol. The zero-order valence-corrected chi connectivity index (χ0v) is 16.6. The molecule has 1 fully saturated rings. The van der Waals surface area contributed by atoms with Crippen LogP contribution in [0.25, 0.3) is 0 Å². The molecule has 0 unspecified atom stereocenters. The Hall–Kier alpha value is -2.14. The quantitative estimate of drug-likeness (QED) is 0.687. The third-order valence-electron chi connectivity index (χ3n) is 4.71. The van der Waals surface area contributed by atoms with Gasteiger partial charge >= 0.3 is 0 Å². The van der Waals surface area contributed by atoms with Crippen LogP contribution in [-0.4, -0.2) is 24.0 Å². The fraction of sp³-hybridized carbons (Fsp3) is 0.409. The van der Waals surface area contributed by atoms with Gasteiger partial charge in [0.2, 0.25) is 5.91 Å². The summed E-state index contributed by atoms with van der Waals surface area (Å²) < 4.78 is 11.3. The van der Waals surface area contributed by atoms with Crippen LogP contribution in [0.5, 0.6) is 11.5 Å². The van der Waals surface area contributed by atoms with E-state index in [2.05, 4.69) is 5.32 Å². The number of amides is 1. The van der Waals surface area contributed by atoms with Crippen LogP contribution in [0.3, 0.4) is 0 Å². The van der Waals surface area contributed by atoms with Crippen LogP contribution in [0, 0.1) is 0 Å². The molecule has 4 nitrogen and oxygen atoms in total. The van der Waals surface area contributed by atoms with Crippen LogP contribution in [0.15, 0.2) is 48.5 Å². The van der Waals surface area contributed by atoms with Crippen molar-refractivity contribution in [3.63, 3.8) is 0 Å². The molecule has 0 saturated heterocycles. The minimum Gasteiger partial charge on any atom is -0.493 e. The molecule has 0 aliphatic heterocycles. The monoisotopic (exact) mass is 385 g/mol. The third-order valence-corrected chi connectivity index (χ3v) is 6.08. The van der Waals surface area contributed by atoms with Crippen LogP contribution >= 0.6 is 11.8 Å². The maximum Gasteiger partial charge on any atom is 0.230 e. The second-order valence-corrected chi connectivity index (χ2v) is 8.04. The largest absolute Gasteiger partial charge is 0.493 e. The summed E-state index contributed by atoms with van der Waals surface area (Å²) in [5.41, 5.74) is 2.11. The van der Waals surface area contributed by atoms with E-state index in [-0.39, 0.29) is 5.91 Å². The number of hydrogen-bond acceptors (Lipinski definition) is 4. The molecule has 0 heterocycles. The number of benzene rings is 2. The molecule has 0 spiro atoms. The van der Waals surface area contributed by atoms with E-state index in [0.29, 0.717) is 35.7 Å². The van der Waals surface area contributed by atoms with Gasteiger partial charge in [0.15, 0.2) is 11.5 Å². The molecule has 1 N–H and O–H groups in total. The van der Waals surface area contributed by atoms with Crippen LogP contribution in [0.1, 0.15) is 36.8 Å². The highest BCUT2D eigenvalue weighted by Crippen LogP contribution is 2.30. The summed E-state index contributed by atoms with van der Waals surface area (Å²) >= 11 is 1.79. The first-order chi connectivity index (χ1) is 13.2. The highest BCUT2D eigenvalue weighted by atomic mass is 32.2. The molecule has 144 valence electrons. The van der Waals surface area contributed by atoms with E-state index >= 15 is 0 Å². The van der Waals surface area contributed by atoms with Crippen molar-refractivity contribution in [2.75, 3.05) is 12.9 Å². The number of carbonyl (C=O) groups is 1. The molecule has 2 aromatic rings. The van der Waals surface area contributed by atoms with Gasteiger partial charge in [-0.3, -0.25) is 4.79 Å². The number of hydrogen-bond donors (Lipinski definition) is 1. The van der Waals surface area contributed by atoms with Gasteiger partial charge < -0.3 is 14.8 Å². The van der Waals surface area contributed by atoms with Gasteiger partial charge in [-0.2, -0.15) is 0 Å². The Morgan fingerprint density at radius 2 is 1.85 bits per heavy atom. The van der Waals surface area contributed by atoms with Crippen LogP contribution in [-0.2, 0) is 17.9 Å². The van der Waals surface area contributed by atoms with Crippen LogP contribution in [0.2, 0.25) is 0 Å². The predicted molar refractivity (Wildman–Crippen MR) is 110 cm³/mol. The molecule has 0 atom stereocenters. The Morgan fingerprint density at radius 3 is 2.59 bits per heavy atom. The van der Waals surface area contributed by atoms with Crippen molar-refractivity contribution in [3.05, 3.63) is 59.7 Å². The zero-order chi connectivity index (χ0) is 18.9. The third kappa shape index (κ3) is 6.21. The summed E-state index contributed by atoms with van der Waals surface area (Å²) in [5.74, 6) is 2.02. The summed E-state index contributed by atoms with van der Waals surface area (Å²) in [7, 11) is 1.63. The molecule has 2 aromatic carbocycles. The molecule has 1 aliphatic rings. The van der Waals surface area contributed by atoms with E-state index in [0.717, 1.165) is 11.1 Å². The lowest BCUT2D eigenvalue weighted by atomic mass is 10.2. The average Bonchev–Trinajstić information content (AvgIpc) is 3.24. The van der Waals surface area contributed by atoms with E-state index in [1.54, 1.807) is 18.9 Å². The molecule has 1 aliphatic carbocycles. The second kappa shape index (κ2) is 10.3. The van der Waals surface area contributed by atoms with E-state index in [4.69, 9.17) is 9.47 Å². The summed E-state index contributed by atoms with van der Waals surface area (Å²) in [5, 5.41) is 3.66. The molecular weight excluding hydrogens is 358 g/mol. The van der Waals surface area contributed by atoms with E-state index in [9.17, 15) is 4.79 Å². The lowest BCUT2D eigenvalue weighted by molar-refractivity contribution is -0.118. The summed E-state index contributed by atoms with van der Waals surface area (Å²) in [6, 6.07) is 15.8. The molecule has 0 bridgehead atoms. The van der Waals surface area contributed by atoms with E-state index in [1.165, 1.54) is 25.7 Å². The predicted octanol–water partition coefficient (Wildman–Crippen LogP) is 4.57. The van der Waals surface area contributed by atoms with Crippen LogP contribution in [0.4, 0.5) is 0 Å². The van der Waals surface area contributed by atoms with E-state index < -0.39 is 0 Å². The van der Waals surface area contributed by atoms with Crippen molar-refractivity contribution in [1.82, 2.24) is 5.32 Å². The smallest absolute Gasteiger partial charge is 0.230 e. The number of carbonyl (C=O) groups excluding carboxylic acids is 1. The first-order valence-corrected chi connectivity index (χ1v) is 10.5. The van der Waals surface area contributed by atoms with Gasteiger partial charge in [0.1, 0.15) is 6.61 Å². The minimum absolute atomic E-state index is 0.0928. The summed E-state index contributed by atoms with van der Waals surface area (Å²) in [4.78, 5) is 12.1. The van der Waals surface area contributed by atoms with E-state index in [1.807, 2.05) is 48.5 Å². The summed E-state index contributed by atoms with van der Waals surface area (Å²) in [6.45, 7) is 0.991. The molecule has 0 aromatic heterocycles. The second-order valence-electron chi connectivity index (χ2n) is 6.75. The minimum atomic E-state index is 0.0928. The van der Waals surface area contributed by atoms with Crippen molar-refractivity contribution in [2.24, 2.45) is 0 Å².